The molecule has 2 amide bonds. The molecule has 0 bridgehead atoms. The van der Waals surface area contributed by atoms with E-state index >= 15 is 0 Å². The van der Waals surface area contributed by atoms with Crippen LogP contribution in [-0.2, 0) is 0 Å². The summed E-state index contributed by atoms with van der Waals surface area (Å²) in [5.74, 6) is 0.402. The Morgan fingerprint density at radius 3 is 2.58 bits per heavy atom. The predicted molar refractivity (Wildman–Crippen MR) is 96.6 cm³/mol. The van der Waals surface area contributed by atoms with Gasteiger partial charge in [-0.2, -0.15) is 0 Å². The molecule has 2 rings (SSSR count). The van der Waals surface area contributed by atoms with E-state index in [1.165, 1.54) is 0 Å². The summed E-state index contributed by atoms with van der Waals surface area (Å²) < 4.78 is 5.62. The average molecular weight is 348 g/mol. The van der Waals surface area contributed by atoms with E-state index in [0.717, 1.165) is 5.56 Å². The molecule has 0 aliphatic heterocycles. The van der Waals surface area contributed by atoms with Gasteiger partial charge in [0.25, 0.3) is 0 Å². The van der Waals surface area contributed by atoms with Gasteiger partial charge in [0.2, 0.25) is 5.88 Å². The highest BCUT2D eigenvalue weighted by molar-refractivity contribution is 6.31. The number of carbonyl (C=O) groups is 1. The zero-order valence-electron chi connectivity index (χ0n) is 14.3. The molecular formula is C18H22ClN3O2. The topological polar surface area (TPSA) is 54.5 Å². The van der Waals surface area contributed by atoms with E-state index in [4.69, 9.17) is 16.3 Å². The molecule has 128 valence electrons. The van der Waals surface area contributed by atoms with Crippen molar-refractivity contribution in [2.75, 3.05) is 12.4 Å². The first-order chi connectivity index (χ1) is 11.4. The third-order valence-electron chi connectivity index (χ3n) is 3.62. The lowest BCUT2D eigenvalue weighted by Gasteiger charge is -2.26. The number of hydrogen-bond acceptors (Lipinski definition) is 3. The summed E-state index contributed by atoms with van der Waals surface area (Å²) in [6, 6.07) is 10.6. The van der Waals surface area contributed by atoms with Crippen molar-refractivity contribution < 1.29 is 9.53 Å². The highest BCUT2D eigenvalue weighted by atomic mass is 35.5. The third-order valence-corrected chi connectivity index (χ3v) is 3.96. The van der Waals surface area contributed by atoms with Crippen molar-refractivity contribution in [3.8, 4) is 5.88 Å². The normalized spacial score (nSPS) is 11.9. The van der Waals surface area contributed by atoms with E-state index in [1.54, 1.807) is 30.3 Å². The van der Waals surface area contributed by atoms with Gasteiger partial charge < -0.3 is 15.0 Å². The molecule has 0 saturated heterocycles. The summed E-state index contributed by atoms with van der Waals surface area (Å²) in [5.41, 5.74) is 1.43. The van der Waals surface area contributed by atoms with Crippen molar-refractivity contribution in [3.05, 3.63) is 53.2 Å². The number of aromatic nitrogens is 1. The van der Waals surface area contributed by atoms with Crippen LogP contribution < -0.4 is 10.1 Å². The molecule has 1 aromatic carbocycles. The first kappa shape index (κ1) is 18.1. The largest absolute Gasteiger partial charge is 0.473 e. The fraction of sp³-hybridized carbons (Fsp3) is 0.333. The van der Waals surface area contributed by atoms with Gasteiger partial charge in [-0.15, -0.1) is 0 Å². The maximum Gasteiger partial charge on any atom is 0.322 e. The molecule has 0 fully saturated rings. The number of nitrogens with one attached hydrogen (secondary N) is 1. The molecule has 2 aromatic rings. The smallest absolute Gasteiger partial charge is 0.322 e. The second-order valence-corrected chi connectivity index (χ2v) is 6.17. The minimum absolute atomic E-state index is 0.0321. The van der Waals surface area contributed by atoms with Gasteiger partial charge >= 0.3 is 6.03 Å². The van der Waals surface area contributed by atoms with Crippen LogP contribution in [0.2, 0.25) is 5.02 Å². The molecule has 1 unspecified atom stereocenters. The van der Waals surface area contributed by atoms with Crippen molar-refractivity contribution in [2.24, 2.45) is 0 Å². The predicted octanol–water partition coefficient (Wildman–Crippen LogP) is 4.75. The Labute approximate surface area is 147 Å². The highest BCUT2D eigenvalue weighted by Crippen LogP contribution is 2.28. The van der Waals surface area contributed by atoms with E-state index in [-0.39, 0.29) is 18.2 Å². The van der Waals surface area contributed by atoms with Gasteiger partial charge in [-0.25, -0.2) is 9.78 Å². The van der Waals surface area contributed by atoms with E-state index in [1.807, 2.05) is 45.0 Å². The molecule has 1 N–H and O–H groups in total. The van der Waals surface area contributed by atoms with Gasteiger partial charge in [-0.3, -0.25) is 0 Å². The molecule has 0 aliphatic rings. The molecule has 1 heterocycles. The lowest BCUT2D eigenvalue weighted by molar-refractivity contribution is 0.207. The quantitative estimate of drug-likeness (QED) is 0.849. The monoisotopic (exact) mass is 347 g/mol. The first-order valence-electron chi connectivity index (χ1n) is 7.80. The van der Waals surface area contributed by atoms with Gasteiger partial charge in [-0.1, -0.05) is 29.8 Å². The van der Waals surface area contributed by atoms with Crippen LogP contribution in [0.15, 0.2) is 42.6 Å². The lowest BCUT2D eigenvalue weighted by atomic mass is 10.1. The number of ether oxygens (including phenoxy) is 1. The molecule has 0 radical (unpaired) electrons. The van der Waals surface area contributed by atoms with Crippen molar-refractivity contribution in [3.63, 3.8) is 0 Å². The Morgan fingerprint density at radius 2 is 1.92 bits per heavy atom. The van der Waals surface area contributed by atoms with Crippen molar-refractivity contribution in [2.45, 2.75) is 32.9 Å². The van der Waals surface area contributed by atoms with Gasteiger partial charge in [-0.05, 0) is 44.5 Å². The van der Waals surface area contributed by atoms with Crippen LogP contribution in [0.25, 0.3) is 0 Å². The summed E-state index contributed by atoms with van der Waals surface area (Å²) in [4.78, 5) is 18.3. The number of hydrogen-bond donors (Lipinski definition) is 1. The zero-order valence-corrected chi connectivity index (χ0v) is 15.0. The van der Waals surface area contributed by atoms with Crippen LogP contribution in [0.1, 0.15) is 32.4 Å². The van der Waals surface area contributed by atoms with Crippen molar-refractivity contribution in [1.82, 2.24) is 9.88 Å². The standard InChI is InChI=1S/C18H22ClN3O2/c1-12(2)24-17-16(10-7-11-20-17)21-18(23)22(4)13(3)14-8-5-6-9-15(14)19/h5-13H,1-4H3,(H,21,23). The number of nitrogens with zero attached hydrogens (tertiary/aromatic N) is 2. The Hall–Kier alpha value is -2.27. The SMILES string of the molecule is CC(C)Oc1ncccc1NC(=O)N(C)C(C)c1ccccc1Cl. The number of rotatable bonds is 5. The van der Waals surface area contributed by atoms with Gasteiger partial charge in [0, 0.05) is 18.3 Å². The van der Waals surface area contributed by atoms with Crippen molar-refractivity contribution >= 4 is 23.3 Å². The van der Waals surface area contributed by atoms with E-state index in [0.29, 0.717) is 16.6 Å². The number of amides is 2. The summed E-state index contributed by atoms with van der Waals surface area (Å²) >= 11 is 6.22. The average Bonchev–Trinajstić information content (AvgIpc) is 2.55. The number of benzene rings is 1. The molecule has 1 atom stereocenters. The second-order valence-electron chi connectivity index (χ2n) is 5.76. The maximum atomic E-state index is 12.6. The summed E-state index contributed by atoms with van der Waals surface area (Å²) in [5, 5.41) is 3.48. The van der Waals surface area contributed by atoms with Crippen LogP contribution >= 0.6 is 11.6 Å². The fourth-order valence-corrected chi connectivity index (χ4v) is 2.50. The number of anilines is 1. The fourth-order valence-electron chi connectivity index (χ4n) is 2.20. The first-order valence-corrected chi connectivity index (χ1v) is 8.18. The Morgan fingerprint density at radius 1 is 1.21 bits per heavy atom. The summed E-state index contributed by atoms with van der Waals surface area (Å²) in [6.45, 7) is 5.74. The van der Waals surface area contributed by atoms with E-state index < -0.39 is 0 Å². The maximum absolute atomic E-state index is 12.6. The van der Waals surface area contributed by atoms with Crippen LogP contribution in [0, 0.1) is 0 Å². The summed E-state index contributed by atoms with van der Waals surface area (Å²) in [6.07, 6.45) is 1.60. The van der Waals surface area contributed by atoms with Crippen LogP contribution in [0.5, 0.6) is 5.88 Å². The zero-order chi connectivity index (χ0) is 17.7. The Bertz CT molecular complexity index is 706. The molecule has 0 spiro atoms. The number of urea groups is 1. The molecule has 24 heavy (non-hydrogen) atoms. The molecule has 5 nitrogen and oxygen atoms in total. The molecular weight excluding hydrogens is 326 g/mol. The van der Waals surface area contributed by atoms with Gasteiger partial charge in [0.1, 0.15) is 5.69 Å². The third kappa shape index (κ3) is 4.38. The van der Waals surface area contributed by atoms with Gasteiger partial charge in [0.15, 0.2) is 0 Å². The molecule has 0 saturated carbocycles. The molecule has 1 aromatic heterocycles. The highest BCUT2D eigenvalue weighted by Gasteiger charge is 2.20. The van der Waals surface area contributed by atoms with Crippen molar-refractivity contribution in [1.29, 1.82) is 0 Å². The number of pyridine rings is 1. The summed E-state index contributed by atoms with van der Waals surface area (Å²) in [7, 11) is 1.72. The van der Waals surface area contributed by atoms with Gasteiger partial charge in [0.05, 0.1) is 12.1 Å². The lowest BCUT2D eigenvalue weighted by Crippen LogP contribution is -2.34. The molecule has 6 heteroatoms. The van der Waals surface area contributed by atoms with Crippen LogP contribution in [-0.4, -0.2) is 29.1 Å². The van der Waals surface area contributed by atoms with Crippen LogP contribution in [0.4, 0.5) is 10.5 Å². The Balaban J connectivity index is 2.14. The minimum atomic E-state index is -0.260. The second kappa shape index (κ2) is 8.02. The number of halogens is 1. The number of carbonyl (C=O) groups excluding carboxylic acids is 1. The molecule has 0 aliphatic carbocycles. The van der Waals surface area contributed by atoms with E-state index in [9.17, 15) is 4.79 Å². The Kier molecular flexibility index (Phi) is 6.04. The minimum Gasteiger partial charge on any atom is -0.473 e. The van der Waals surface area contributed by atoms with E-state index in [2.05, 4.69) is 10.3 Å². The van der Waals surface area contributed by atoms with Crippen LogP contribution in [0.3, 0.4) is 0 Å².